The lowest BCUT2D eigenvalue weighted by Crippen LogP contribution is -1.98. The van der Waals surface area contributed by atoms with Crippen LogP contribution in [0, 0.1) is 0 Å². The van der Waals surface area contributed by atoms with Gasteiger partial charge in [0.2, 0.25) is 0 Å². The minimum Gasteiger partial charge on any atom is -0.378 e. The standard InChI is InChI=1S/C11H12BrN3/c1-15-8-11(7-14-15)13-6-9-3-2-4-10(12)5-9/h2-5,7-8,13H,6H2,1H3. The molecular weight excluding hydrogens is 254 g/mol. The van der Waals surface area contributed by atoms with E-state index in [9.17, 15) is 0 Å². The Kier molecular flexibility index (Phi) is 3.06. The van der Waals surface area contributed by atoms with Gasteiger partial charge in [0.15, 0.2) is 0 Å². The Morgan fingerprint density at radius 1 is 1.47 bits per heavy atom. The number of nitrogens with one attached hydrogen (secondary N) is 1. The molecule has 0 aliphatic rings. The van der Waals surface area contributed by atoms with E-state index >= 15 is 0 Å². The Labute approximate surface area is 97.2 Å². The molecule has 0 fully saturated rings. The molecule has 3 nitrogen and oxygen atoms in total. The van der Waals surface area contributed by atoms with Gasteiger partial charge in [-0.15, -0.1) is 0 Å². The molecule has 0 spiro atoms. The number of aryl methyl sites for hydroxylation is 1. The maximum absolute atomic E-state index is 4.09. The van der Waals surface area contributed by atoms with Gasteiger partial charge < -0.3 is 5.32 Å². The first-order valence-electron chi connectivity index (χ1n) is 4.71. The van der Waals surface area contributed by atoms with Crippen LogP contribution in [0.3, 0.4) is 0 Å². The molecule has 15 heavy (non-hydrogen) atoms. The molecule has 0 atom stereocenters. The fourth-order valence-electron chi connectivity index (χ4n) is 1.36. The second kappa shape index (κ2) is 4.49. The fourth-order valence-corrected chi connectivity index (χ4v) is 1.81. The molecule has 0 aliphatic carbocycles. The first-order valence-corrected chi connectivity index (χ1v) is 5.50. The minimum absolute atomic E-state index is 0.811. The Bertz CT molecular complexity index is 451. The molecule has 1 heterocycles. The molecule has 2 rings (SSSR count). The normalized spacial score (nSPS) is 10.3. The number of hydrogen-bond donors (Lipinski definition) is 1. The second-order valence-corrected chi connectivity index (χ2v) is 4.30. The zero-order valence-electron chi connectivity index (χ0n) is 8.44. The van der Waals surface area contributed by atoms with Crippen molar-refractivity contribution in [1.29, 1.82) is 0 Å². The summed E-state index contributed by atoms with van der Waals surface area (Å²) in [6, 6.07) is 8.25. The van der Waals surface area contributed by atoms with Crippen molar-refractivity contribution in [3.63, 3.8) is 0 Å². The summed E-state index contributed by atoms with van der Waals surface area (Å²) >= 11 is 3.45. The number of hydrogen-bond acceptors (Lipinski definition) is 2. The summed E-state index contributed by atoms with van der Waals surface area (Å²) in [6.45, 7) is 0.811. The predicted octanol–water partition coefficient (Wildman–Crippen LogP) is 2.79. The second-order valence-electron chi connectivity index (χ2n) is 3.39. The van der Waals surface area contributed by atoms with E-state index in [0.29, 0.717) is 0 Å². The van der Waals surface area contributed by atoms with Crippen molar-refractivity contribution < 1.29 is 0 Å². The molecule has 0 amide bonds. The van der Waals surface area contributed by atoms with Crippen molar-refractivity contribution in [2.75, 3.05) is 5.32 Å². The van der Waals surface area contributed by atoms with Crippen LogP contribution in [0.15, 0.2) is 41.1 Å². The number of nitrogens with zero attached hydrogens (tertiary/aromatic N) is 2. The lowest BCUT2D eigenvalue weighted by atomic mass is 10.2. The van der Waals surface area contributed by atoms with Crippen molar-refractivity contribution in [3.8, 4) is 0 Å². The van der Waals surface area contributed by atoms with Gasteiger partial charge in [0.25, 0.3) is 0 Å². The number of rotatable bonds is 3. The lowest BCUT2D eigenvalue weighted by Gasteiger charge is -2.03. The number of aromatic nitrogens is 2. The van der Waals surface area contributed by atoms with E-state index in [1.54, 1.807) is 4.68 Å². The molecule has 2 aromatic rings. The van der Waals surface area contributed by atoms with Crippen molar-refractivity contribution in [3.05, 3.63) is 46.7 Å². The third-order valence-electron chi connectivity index (χ3n) is 2.09. The van der Waals surface area contributed by atoms with Gasteiger partial charge in [-0.25, -0.2) is 0 Å². The number of halogens is 1. The lowest BCUT2D eigenvalue weighted by molar-refractivity contribution is 0.768. The average molecular weight is 266 g/mol. The Hall–Kier alpha value is -1.29. The summed E-state index contributed by atoms with van der Waals surface area (Å²) in [5, 5.41) is 7.40. The van der Waals surface area contributed by atoms with Crippen LogP contribution >= 0.6 is 15.9 Å². The molecular formula is C11H12BrN3. The highest BCUT2D eigenvalue weighted by Crippen LogP contribution is 2.13. The van der Waals surface area contributed by atoms with Gasteiger partial charge in [0, 0.05) is 24.3 Å². The summed E-state index contributed by atoms with van der Waals surface area (Å²) in [6.07, 6.45) is 3.77. The molecule has 4 heteroatoms. The first kappa shape index (κ1) is 10.2. The minimum atomic E-state index is 0.811. The smallest absolute Gasteiger partial charge is 0.0729 e. The molecule has 1 N–H and O–H groups in total. The molecule has 0 aliphatic heterocycles. The van der Waals surface area contributed by atoms with Crippen molar-refractivity contribution in [1.82, 2.24) is 9.78 Å². The SMILES string of the molecule is Cn1cc(NCc2cccc(Br)c2)cn1. The first-order chi connectivity index (χ1) is 7.24. The third kappa shape index (κ3) is 2.83. The Morgan fingerprint density at radius 2 is 2.33 bits per heavy atom. The van der Waals surface area contributed by atoms with Crippen LogP contribution in [0.4, 0.5) is 5.69 Å². The van der Waals surface area contributed by atoms with E-state index in [0.717, 1.165) is 16.7 Å². The zero-order valence-corrected chi connectivity index (χ0v) is 10.0. The number of benzene rings is 1. The number of anilines is 1. The zero-order chi connectivity index (χ0) is 10.7. The van der Waals surface area contributed by atoms with E-state index in [2.05, 4.69) is 38.5 Å². The molecule has 1 aromatic heterocycles. The highest BCUT2D eigenvalue weighted by atomic mass is 79.9. The van der Waals surface area contributed by atoms with Crippen LogP contribution in [0.1, 0.15) is 5.56 Å². The Morgan fingerprint density at radius 3 is 3.00 bits per heavy atom. The molecule has 0 saturated carbocycles. The summed E-state index contributed by atoms with van der Waals surface area (Å²) < 4.78 is 2.89. The van der Waals surface area contributed by atoms with Crippen LogP contribution in [0.25, 0.3) is 0 Å². The van der Waals surface area contributed by atoms with E-state index in [1.807, 2.05) is 31.6 Å². The van der Waals surface area contributed by atoms with Crippen LogP contribution in [-0.2, 0) is 13.6 Å². The van der Waals surface area contributed by atoms with Gasteiger partial charge in [-0.05, 0) is 17.7 Å². The van der Waals surface area contributed by atoms with Crippen LogP contribution in [0.5, 0.6) is 0 Å². The van der Waals surface area contributed by atoms with E-state index in [4.69, 9.17) is 0 Å². The quantitative estimate of drug-likeness (QED) is 0.925. The highest BCUT2D eigenvalue weighted by Gasteiger charge is 1.96. The van der Waals surface area contributed by atoms with Crippen molar-refractivity contribution in [2.45, 2.75) is 6.54 Å². The topological polar surface area (TPSA) is 29.9 Å². The average Bonchev–Trinajstić information content (AvgIpc) is 2.62. The largest absolute Gasteiger partial charge is 0.378 e. The predicted molar refractivity (Wildman–Crippen MR) is 64.7 cm³/mol. The van der Waals surface area contributed by atoms with E-state index in [-0.39, 0.29) is 0 Å². The molecule has 0 bridgehead atoms. The van der Waals surface area contributed by atoms with Crippen molar-refractivity contribution >= 4 is 21.6 Å². The van der Waals surface area contributed by atoms with Gasteiger partial charge in [-0.1, -0.05) is 28.1 Å². The van der Waals surface area contributed by atoms with Gasteiger partial charge >= 0.3 is 0 Å². The van der Waals surface area contributed by atoms with Crippen molar-refractivity contribution in [2.24, 2.45) is 7.05 Å². The highest BCUT2D eigenvalue weighted by molar-refractivity contribution is 9.10. The monoisotopic (exact) mass is 265 g/mol. The van der Waals surface area contributed by atoms with E-state index in [1.165, 1.54) is 5.56 Å². The van der Waals surface area contributed by atoms with Crippen LogP contribution in [-0.4, -0.2) is 9.78 Å². The molecule has 78 valence electrons. The van der Waals surface area contributed by atoms with Crippen LogP contribution in [0.2, 0.25) is 0 Å². The summed E-state index contributed by atoms with van der Waals surface area (Å²) in [5.74, 6) is 0. The molecule has 0 radical (unpaired) electrons. The van der Waals surface area contributed by atoms with Crippen LogP contribution < -0.4 is 5.32 Å². The molecule has 0 saturated heterocycles. The van der Waals surface area contributed by atoms with Gasteiger partial charge in [-0.2, -0.15) is 5.10 Å². The Balaban J connectivity index is 1.99. The van der Waals surface area contributed by atoms with E-state index < -0.39 is 0 Å². The maximum atomic E-state index is 4.09. The summed E-state index contributed by atoms with van der Waals surface area (Å²) in [4.78, 5) is 0. The fraction of sp³-hybridized carbons (Fsp3) is 0.182. The van der Waals surface area contributed by atoms with Gasteiger partial charge in [-0.3, -0.25) is 4.68 Å². The summed E-state index contributed by atoms with van der Waals surface area (Å²) in [5.41, 5.74) is 2.28. The maximum Gasteiger partial charge on any atom is 0.0729 e. The molecule has 1 aromatic carbocycles. The van der Waals surface area contributed by atoms with Gasteiger partial charge in [0.05, 0.1) is 11.9 Å². The van der Waals surface area contributed by atoms with Gasteiger partial charge in [0.1, 0.15) is 0 Å². The molecule has 0 unspecified atom stereocenters. The summed E-state index contributed by atoms with van der Waals surface area (Å²) in [7, 11) is 1.91. The third-order valence-corrected chi connectivity index (χ3v) is 2.58.